The molecule has 1 amide bonds. The summed E-state index contributed by atoms with van der Waals surface area (Å²) in [7, 11) is -1.79. The number of anilines is 1. The van der Waals surface area contributed by atoms with Crippen LogP contribution in [0.25, 0.3) is 10.8 Å². The maximum absolute atomic E-state index is 12.8. The molecule has 2 aromatic carbocycles. The minimum atomic E-state index is -3.55. The SMILES string of the molecule is CN(CC1CCN(c2ccncc2)CC1)C(=O)CCS(=O)(=O)c1ccc2cc(Cl)ccc2c1. The first-order valence-electron chi connectivity index (χ1n) is 11.1. The molecule has 8 heteroatoms. The number of nitrogens with zero attached hydrogens (tertiary/aromatic N) is 3. The smallest absolute Gasteiger partial charge is 0.223 e. The summed E-state index contributed by atoms with van der Waals surface area (Å²) in [6.45, 7) is 2.54. The van der Waals surface area contributed by atoms with E-state index < -0.39 is 9.84 Å². The van der Waals surface area contributed by atoms with Crippen molar-refractivity contribution in [3.8, 4) is 0 Å². The topological polar surface area (TPSA) is 70.6 Å². The zero-order chi connectivity index (χ0) is 23.4. The highest BCUT2D eigenvalue weighted by molar-refractivity contribution is 7.91. The standard InChI is InChI=1S/C25H28ClN3O3S/c1-28(18-19-8-13-29(14-9-19)23-6-11-27-12-7-23)25(30)10-15-33(31,32)24-5-3-20-16-22(26)4-2-21(20)17-24/h2-7,11-12,16-17,19H,8-10,13-15,18H2,1H3. The Morgan fingerprint density at radius 2 is 1.73 bits per heavy atom. The van der Waals surface area contributed by atoms with E-state index in [9.17, 15) is 13.2 Å². The van der Waals surface area contributed by atoms with Crippen molar-refractivity contribution in [3.63, 3.8) is 0 Å². The van der Waals surface area contributed by atoms with Crippen LogP contribution in [0, 0.1) is 5.92 Å². The van der Waals surface area contributed by atoms with Gasteiger partial charge in [-0.3, -0.25) is 9.78 Å². The van der Waals surface area contributed by atoms with Crippen LogP contribution < -0.4 is 4.90 Å². The number of hydrogen-bond acceptors (Lipinski definition) is 5. The molecular weight excluding hydrogens is 458 g/mol. The Bertz CT molecular complexity index is 1230. The molecule has 6 nitrogen and oxygen atoms in total. The number of benzene rings is 2. The van der Waals surface area contributed by atoms with E-state index in [-0.39, 0.29) is 23.0 Å². The number of halogens is 1. The zero-order valence-electron chi connectivity index (χ0n) is 18.7. The zero-order valence-corrected chi connectivity index (χ0v) is 20.2. The van der Waals surface area contributed by atoms with E-state index in [1.807, 2.05) is 12.1 Å². The van der Waals surface area contributed by atoms with Crippen LogP contribution in [0.3, 0.4) is 0 Å². The van der Waals surface area contributed by atoms with E-state index in [4.69, 9.17) is 11.6 Å². The predicted octanol–water partition coefficient (Wildman–Crippen LogP) is 4.43. The summed E-state index contributed by atoms with van der Waals surface area (Å²) in [6, 6.07) is 14.3. The molecule has 0 saturated carbocycles. The molecule has 1 aliphatic heterocycles. The molecule has 1 saturated heterocycles. The van der Waals surface area contributed by atoms with Crippen molar-refractivity contribution in [2.24, 2.45) is 5.92 Å². The largest absolute Gasteiger partial charge is 0.371 e. The second-order valence-corrected chi connectivity index (χ2v) is 11.2. The van der Waals surface area contributed by atoms with Gasteiger partial charge in [0, 0.05) is 56.2 Å². The molecule has 33 heavy (non-hydrogen) atoms. The van der Waals surface area contributed by atoms with Crippen LogP contribution in [0.15, 0.2) is 65.8 Å². The Balaban J connectivity index is 1.29. The van der Waals surface area contributed by atoms with Gasteiger partial charge in [-0.1, -0.05) is 23.7 Å². The van der Waals surface area contributed by atoms with Crippen molar-refractivity contribution in [3.05, 3.63) is 65.9 Å². The van der Waals surface area contributed by atoms with Crippen LogP contribution in [-0.2, 0) is 14.6 Å². The summed E-state index contributed by atoms with van der Waals surface area (Å²) >= 11 is 6.00. The first-order valence-corrected chi connectivity index (χ1v) is 13.2. The van der Waals surface area contributed by atoms with Gasteiger partial charge in [-0.25, -0.2) is 8.42 Å². The number of aromatic nitrogens is 1. The molecule has 1 aliphatic rings. The van der Waals surface area contributed by atoms with E-state index in [2.05, 4.69) is 9.88 Å². The van der Waals surface area contributed by atoms with E-state index >= 15 is 0 Å². The summed E-state index contributed by atoms with van der Waals surface area (Å²) < 4.78 is 25.6. The van der Waals surface area contributed by atoms with Crippen LogP contribution in [0.1, 0.15) is 19.3 Å². The van der Waals surface area contributed by atoms with Gasteiger partial charge in [0.25, 0.3) is 0 Å². The number of amides is 1. The number of carbonyl (C=O) groups is 1. The average Bonchev–Trinajstić information content (AvgIpc) is 2.83. The second-order valence-electron chi connectivity index (χ2n) is 8.63. The fraction of sp³-hybridized carbons (Fsp3) is 0.360. The highest BCUT2D eigenvalue weighted by Crippen LogP contribution is 2.25. The van der Waals surface area contributed by atoms with Gasteiger partial charge < -0.3 is 9.80 Å². The Hall–Kier alpha value is -2.64. The Morgan fingerprint density at radius 3 is 2.45 bits per heavy atom. The van der Waals surface area contributed by atoms with E-state index in [1.54, 1.807) is 60.7 Å². The van der Waals surface area contributed by atoms with Gasteiger partial charge >= 0.3 is 0 Å². The summed E-state index contributed by atoms with van der Waals surface area (Å²) in [5.41, 5.74) is 1.18. The van der Waals surface area contributed by atoms with Gasteiger partial charge in [0.2, 0.25) is 5.91 Å². The third kappa shape index (κ3) is 5.84. The van der Waals surface area contributed by atoms with Crippen LogP contribution >= 0.6 is 11.6 Å². The molecular formula is C25H28ClN3O3S. The van der Waals surface area contributed by atoms with Crippen molar-refractivity contribution in [2.45, 2.75) is 24.2 Å². The third-order valence-electron chi connectivity index (χ3n) is 6.32. The minimum absolute atomic E-state index is 0.0205. The molecule has 1 aromatic heterocycles. The number of pyridine rings is 1. The quantitative estimate of drug-likeness (QED) is 0.495. The van der Waals surface area contributed by atoms with Crippen LogP contribution in [0.2, 0.25) is 5.02 Å². The summed E-state index contributed by atoms with van der Waals surface area (Å²) in [5.74, 6) is 0.0825. The second kappa shape index (κ2) is 10.1. The lowest BCUT2D eigenvalue weighted by Gasteiger charge is -2.35. The highest BCUT2D eigenvalue weighted by atomic mass is 35.5. The van der Waals surface area contributed by atoms with Crippen LogP contribution in [0.4, 0.5) is 5.69 Å². The van der Waals surface area contributed by atoms with Crippen molar-refractivity contribution in [1.29, 1.82) is 0 Å². The predicted molar refractivity (Wildman–Crippen MR) is 132 cm³/mol. The number of fused-ring (bicyclic) bond motifs is 1. The summed E-state index contributed by atoms with van der Waals surface area (Å²) in [6.07, 6.45) is 5.58. The number of piperidine rings is 1. The number of carbonyl (C=O) groups excluding carboxylic acids is 1. The Kier molecular flexibility index (Phi) is 7.20. The molecule has 3 aromatic rings. The maximum atomic E-state index is 12.8. The van der Waals surface area contributed by atoms with Crippen LogP contribution in [0.5, 0.6) is 0 Å². The molecule has 4 rings (SSSR count). The van der Waals surface area contributed by atoms with Crippen molar-refractivity contribution in [1.82, 2.24) is 9.88 Å². The van der Waals surface area contributed by atoms with E-state index in [1.165, 1.54) is 5.69 Å². The molecule has 1 fully saturated rings. The summed E-state index contributed by atoms with van der Waals surface area (Å²) in [5, 5.41) is 2.30. The average molecular weight is 486 g/mol. The monoisotopic (exact) mass is 485 g/mol. The highest BCUT2D eigenvalue weighted by Gasteiger charge is 2.24. The Morgan fingerprint density at radius 1 is 1.06 bits per heavy atom. The van der Waals surface area contributed by atoms with Gasteiger partial charge in [0.05, 0.1) is 10.6 Å². The van der Waals surface area contributed by atoms with Gasteiger partial charge in [-0.15, -0.1) is 0 Å². The fourth-order valence-electron chi connectivity index (χ4n) is 4.34. The number of hydrogen-bond donors (Lipinski definition) is 0. The molecule has 174 valence electrons. The molecule has 2 heterocycles. The van der Waals surface area contributed by atoms with Crippen molar-refractivity contribution < 1.29 is 13.2 Å². The molecule has 0 spiro atoms. The number of sulfone groups is 1. The van der Waals surface area contributed by atoms with Gasteiger partial charge in [0.15, 0.2) is 9.84 Å². The Labute approximate surface area is 200 Å². The van der Waals surface area contributed by atoms with E-state index in [0.29, 0.717) is 17.5 Å². The first-order chi connectivity index (χ1) is 15.8. The minimum Gasteiger partial charge on any atom is -0.371 e. The normalized spacial score (nSPS) is 15.0. The van der Waals surface area contributed by atoms with Crippen molar-refractivity contribution >= 4 is 43.8 Å². The lowest BCUT2D eigenvalue weighted by atomic mass is 9.96. The molecule has 0 N–H and O–H groups in total. The third-order valence-corrected chi connectivity index (χ3v) is 8.27. The molecule has 0 unspecified atom stereocenters. The molecule has 0 bridgehead atoms. The van der Waals surface area contributed by atoms with Crippen LogP contribution in [-0.4, -0.2) is 56.6 Å². The molecule has 0 aliphatic carbocycles. The lowest BCUT2D eigenvalue weighted by Crippen LogP contribution is -2.39. The molecule has 0 atom stereocenters. The fourth-order valence-corrected chi connectivity index (χ4v) is 5.78. The first kappa shape index (κ1) is 23.5. The van der Waals surface area contributed by atoms with Gasteiger partial charge in [-0.2, -0.15) is 0 Å². The maximum Gasteiger partial charge on any atom is 0.223 e. The summed E-state index contributed by atoms with van der Waals surface area (Å²) in [4.78, 5) is 21.0. The number of rotatable bonds is 7. The van der Waals surface area contributed by atoms with E-state index in [0.717, 1.165) is 36.7 Å². The lowest BCUT2D eigenvalue weighted by molar-refractivity contribution is -0.130. The van der Waals surface area contributed by atoms with Gasteiger partial charge in [-0.05, 0) is 65.9 Å². The van der Waals surface area contributed by atoms with Crippen molar-refractivity contribution in [2.75, 3.05) is 37.3 Å². The molecule has 0 radical (unpaired) electrons. The van der Waals surface area contributed by atoms with Gasteiger partial charge in [0.1, 0.15) is 0 Å².